The van der Waals surface area contributed by atoms with Crippen LogP contribution < -0.4 is 0 Å². The van der Waals surface area contributed by atoms with Gasteiger partial charge in [0.2, 0.25) is 0 Å². The molecular formula is C19H25BN4O. The van der Waals surface area contributed by atoms with Crippen molar-refractivity contribution in [2.75, 3.05) is 13.1 Å². The number of unbranched alkanes of at least 4 members (excludes halogenated alkanes) is 3. The summed E-state index contributed by atoms with van der Waals surface area (Å²) in [4.78, 5) is 15.3. The first-order chi connectivity index (χ1) is 12.4. The molecule has 5 nitrogen and oxygen atoms in total. The second-order valence-corrected chi connectivity index (χ2v) is 5.96. The average Bonchev–Trinajstić information content (AvgIpc) is 2.65. The Hall–Kier alpha value is -2.21. The molecule has 0 saturated carbocycles. The van der Waals surface area contributed by atoms with E-state index in [1.807, 2.05) is 36.7 Å². The van der Waals surface area contributed by atoms with Crippen molar-refractivity contribution in [3.63, 3.8) is 0 Å². The molecule has 0 spiro atoms. The predicted octanol–water partition coefficient (Wildman–Crippen LogP) is 3.12. The zero-order chi connectivity index (χ0) is 17.6. The third-order valence-corrected chi connectivity index (χ3v) is 3.90. The smallest absolute Gasteiger partial charge is 0.0589 e. The summed E-state index contributed by atoms with van der Waals surface area (Å²) in [5.41, 5.74) is 2.17. The molecular weight excluding hydrogens is 311 g/mol. The Kier molecular flexibility index (Phi) is 9.33. The Morgan fingerprint density at radius 1 is 0.920 bits per heavy atom. The summed E-state index contributed by atoms with van der Waals surface area (Å²) in [7, 11) is 0.729. The van der Waals surface area contributed by atoms with E-state index in [1.54, 1.807) is 0 Å². The first-order valence-electron chi connectivity index (χ1n) is 8.84. The van der Waals surface area contributed by atoms with Crippen molar-refractivity contribution in [3.05, 3.63) is 60.2 Å². The molecule has 0 aromatic carbocycles. The molecule has 2 rings (SSSR count). The fraction of sp³-hybridized carbons (Fsp3) is 0.421. The molecule has 0 aliphatic carbocycles. The SMILES string of the molecule is O=BC=NCCCCCCN(Cc1ccccn1)Cc1ccccn1. The molecule has 0 aliphatic heterocycles. The van der Waals surface area contributed by atoms with Crippen LogP contribution in [0, 0.1) is 0 Å². The standard InChI is InChI=1S/C19H25BN4O/c25-20-17-21-11-5-1-2-8-14-24(15-18-9-3-6-12-22-18)16-19-10-4-7-13-23-19/h3-4,6-7,9-10,12-13,17H,1-2,5,8,11,14-16H2. The summed E-state index contributed by atoms with van der Waals surface area (Å²) in [6, 6.07) is 12.1. The molecule has 0 amide bonds. The fourth-order valence-corrected chi connectivity index (χ4v) is 2.67. The topological polar surface area (TPSA) is 58.5 Å². The molecule has 130 valence electrons. The normalized spacial score (nSPS) is 11.1. The van der Waals surface area contributed by atoms with Crippen molar-refractivity contribution < 1.29 is 4.70 Å². The van der Waals surface area contributed by atoms with Crippen molar-refractivity contribution in [1.29, 1.82) is 0 Å². The third kappa shape index (κ3) is 8.45. The van der Waals surface area contributed by atoms with E-state index in [0.29, 0.717) is 0 Å². The summed E-state index contributed by atoms with van der Waals surface area (Å²) >= 11 is 0. The van der Waals surface area contributed by atoms with E-state index in [9.17, 15) is 4.70 Å². The minimum Gasteiger partial charge on any atom is -0.0589 e. The summed E-state index contributed by atoms with van der Waals surface area (Å²) in [5.74, 6) is 0. The number of rotatable bonds is 12. The Labute approximate surface area is 150 Å². The van der Waals surface area contributed by atoms with Crippen LogP contribution in [0.25, 0.3) is 0 Å². The van der Waals surface area contributed by atoms with E-state index < -0.39 is 0 Å². The molecule has 0 saturated heterocycles. The molecule has 0 N–H and O–H groups in total. The Morgan fingerprint density at radius 2 is 1.56 bits per heavy atom. The van der Waals surface area contributed by atoms with E-state index in [-0.39, 0.29) is 0 Å². The van der Waals surface area contributed by atoms with Gasteiger partial charge in [0.15, 0.2) is 0 Å². The van der Waals surface area contributed by atoms with Crippen molar-refractivity contribution in [1.82, 2.24) is 14.9 Å². The summed E-state index contributed by atoms with van der Waals surface area (Å²) in [6.07, 6.45) is 9.49. The van der Waals surface area contributed by atoms with Crippen LogP contribution in [0.1, 0.15) is 37.1 Å². The molecule has 2 aromatic heterocycles. The monoisotopic (exact) mass is 336 g/mol. The molecule has 2 heterocycles. The number of hydrogen-bond donors (Lipinski definition) is 0. The molecule has 0 bridgehead atoms. The van der Waals surface area contributed by atoms with E-state index in [0.717, 1.165) is 70.4 Å². The number of aromatic nitrogens is 2. The minimum absolute atomic E-state index is 0.729. The van der Waals surface area contributed by atoms with Crippen LogP contribution in [0.15, 0.2) is 53.8 Å². The molecule has 25 heavy (non-hydrogen) atoms. The van der Waals surface area contributed by atoms with E-state index in [1.165, 1.54) is 6.11 Å². The fourth-order valence-electron chi connectivity index (χ4n) is 2.67. The van der Waals surface area contributed by atoms with E-state index >= 15 is 0 Å². The Morgan fingerprint density at radius 3 is 2.12 bits per heavy atom. The van der Waals surface area contributed by atoms with Crippen LogP contribution in [0.2, 0.25) is 0 Å². The zero-order valence-electron chi connectivity index (χ0n) is 14.6. The van der Waals surface area contributed by atoms with Gasteiger partial charge in [-0.2, -0.15) is 0 Å². The van der Waals surface area contributed by atoms with Gasteiger partial charge < -0.3 is 0 Å². The summed E-state index contributed by atoms with van der Waals surface area (Å²) < 4.78 is 10.2. The summed E-state index contributed by atoms with van der Waals surface area (Å²) in [6.45, 7) is 3.43. The Bertz CT molecular complexity index is 580. The quantitative estimate of drug-likeness (QED) is 0.339. The molecule has 0 radical (unpaired) electrons. The number of hydrogen-bond acceptors (Lipinski definition) is 5. The molecule has 2 aromatic rings. The maximum atomic E-state index is 10.2. The van der Waals surface area contributed by atoms with Gasteiger partial charge in [0.1, 0.15) is 0 Å². The van der Waals surface area contributed by atoms with Gasteiger partial charge in [-0.05, 0) is 12.1 Å². The van der Waals surface area contributed by atoms with Gasteiger partial charge in [-0.15, -0.1) is 0 Å². The molecule has 0 fully saturated rings. The van der Waals surface area contributed by atoms with Crippen LogP contribution in [-0.4, -0.2) is 41.2 Å². The van der Waals surface area contributed by atoms with Crippen LogP contribution in [0.5, 0.6) is 0 Å². The molecule has 0 aliphatic rings. The van der Waals surface area contributed by atoms with Gasteiger partial charge in [0.05, 0.1) is 0 Å². The third-order valence-electron chi connectivity index (χ3n) is 3.90. The summed E-state index contributed by atoms with van der Waals surface area (Å²) in [5, 5.41) is 0. The van der Waals surface area contributed by atoms with E-state index in [2.05, 4.69) is 32.0 Å². The van der Waals surface area contributed by atoms with Crippen molar-refractivity contribution in [2.24, 2.45) is 4.99 Å². The molecule has 6 heteroatoms. The van der Waals surface area contributed by atoms with Crippen molar-refractivity contribution >= 4 is 13.3 Å². The number of nitrogens with zero attached hydrogens (tertiary/aromatic N) is 4. The minimum atomic E-state index is 0.729. The van der Waals surface area contributed by atoms with Gasteiger partial charge in [-0.25, -0.2) is 0 Å². The van der Waals surface area contributed by atoms with Crippen molar-refractivity contribution in [2.45, 2.75) is 38.8 Å². The zero-order valence-corrected chi connectivity index (χ0v) is 14.6. The van der Waals surface area contributed by atoms with Gasteiger partial charge >= 0.3 is 113 Å². The van der Waals surface area contributed by atoms with Crippen LogP contribution in [-0.2, 0) is 17.8 Å². The van der Waals surface area contributed by atoms with Gasteiger partial charge in [-0.3, -0.25) is 0 Å². The van der Waals surface area contributed by atoms with Crippen LogP contribution in [0.4, 0.5) is 0 Å². The van der Waals surface area contributed by atoms with Gasteiger partial charge in [0.25, 0.3) is 0 Å². The Balaban J connectivity index is 1.78. The average molecular weight is 336 g/mol. The van der Waals surface area contributed by atoms with E-state index in [4.69, 9.17) is 0 Å². The molecule has 0 atom stereocenters. The van der Waals surface area contributed by atoms with Gasteiger partial charge in [0, 0.05) is 12.4 Å². The first kappa shape index (κ1) is 19.1. The van der Waals surface area contributed by atoms with Crippen LogP contribution >= 0.6 is 0 Å². The number of pyridine rings is 2. The first-order valence-corrected chi connectivity index (χ1v) is 8.84. The molecule has 0 unspecified atom stereocenters. The second-order valence-electron chi connectivity index (χ2n) is 5.96. The second kappa shape index (κ2) is 12.2. The predicted molar refractivity (Wildman–Crippen MR) is 101 cm³/mol. The van der Waals surface area contributed by atoms with Gasteiger partial charge in [-0.1, -0.05) is 12.1 Å². The van der Waals surface area contributed by atoms with Crippen LogP contribution in [0.3, 0.4) is 0 Å². The van der Waals surface area contributed by atoms with Crippen molar-refractivity contribution in [3.8, 4) is 0 Å². The maximum absolute atomic E-state index is 10.2. The number of aliphatic imine (C=N–C) groups is 1.